The molecule has 0 radical (unpaired) electrons. The number of nitrogens with one attached hydrogen (secondary N) is 1. The van der Waals surface area contributed by atoms with Gasteiger partial charge in [0.1, 0.15) is 17.9 Å². The van der Waals surface area contributed by atoms with Crippen molar-refractivity contribution in [2.75, 3.05) is 16.8 Å². The third-order valence-electron chi connectivity index (χ3n) is 4.07. The van der Waals surface area contributed by atoms with Crippen molar-refractivity contribution in [2.24, 2.45) is 0 Å². The van der Waals surface area contributed by atoms with Gasteiger partial charge >= 0.3 is 0 Å². The van der Waals surface area contributed by atoms with Crippen LogP contribution in [0.5, 0.6) is 0 Å². The van der Waals surface area contributed by atoms with Crippen LogP contribution in [0.1, 0.15) is 33.6 Å². The minimum atomic E-state index is -0.715. The quantitative estimate of drug-likeness (QED) is 0.410. The minimum Gasteiger partial charge on any atom is -0.393 e. The smallest absolute Gasteiger partial charge is 0.191 e. The molecule has 9 heteroatoms. The highest BCUT2D eigenvalue weighted by Gasteiger charge is 2.53. The third-order valence-corrected chi connectivity index (χ3v) is 5.41. The first-order chi connectivity index (χ1) is 11.3. The van der Waals surface area contributed by atoms with Crippen LogP contribution < -0.4 is 11.1 Å². The molecule has 1 unspecified atom stereocenters. The zero-order valence-electron chi connectivity index (χ0n) is 14.0. The van der Waals surface area contributed by atoms with Gasteiger partial charge in [-0.05, 0) is 26.7 Å². The number of nitrogen functional groups attached to an aromatic ring is 1. The fraction of sp³-hybridized carbons (Fsp3) is 0.733. The van der Waals surface area contributed by atoms with E-state index in [0.717, 1.165) is 12.2 Å². The third kappa shape index (κ3) is 3.57. The van der Waals surface area contributed by atoms with E-state index in [-0.39, 0.29) is 23.4 Å². The summed E-state index contributed by atoms with van der Waals surface area (Å²) in [6.07, 6.45) is 0.281. The number of thioether (sulfide) groups is 1. The van der Waals surface area contributed by atoms with Crippen LogP contribution >= 0.6 is 23.4 Å². The molecule has 0 amide bonds. The summed E-state index contributed by atoms with van der Waals surface area (Å²) in [5.74, 6) is 0.658. The summed E-state index contributed by atoms with van der Waals surface area (Å²) in [6.45, 7) is 5.76. The van der Waals surface area contributed by atoms with Crippen molar-refractivity contribution in [1.82, 2.24) is 9.97 Å². The Bertz CT molecular complexity index is 619. The van der Waals surface area contributed by atoms with E-state index in [2.05, 4.69) is 22.2 Å². The number of ether oxygens (including phenoxy) is 2. The molecule has 0 spiro atoms. The molecule has 134 valence electrons. The Morgan fingerprint density at radius 2 is 2.08 bits per heavy atom. The maximum atomic E-state index is 10.2. The number of anilines is 2. The van der Waals surface area contributed by atoms with Gasteiger partial charge in [-0.25, -0.2) is 9.97 Å². The first-order valence-corrected chi connectivity index (χ1v) is 9.43. The molecule has 4 N–H and O–H groups in total. The lowest BCUT2D eigenvalue weighted by Crippen LogP contribution is -2.35. The second-order valence-electron chi connectivity index (χ2n) is 6.53. The van der Waals surface area contributed by atoms with Crippen LogP contribution in [0, 0.1) is 0 Å². The van der Waals surface area contributed by atoms with E-state index >= 15 is 0 Å². The average Bonchev–Trinajstić information content (AvgIpc) is 2.97. The van der Waals surface area contributed by atoms with Crippen LogP contribution in [-0.4, -0.2) is 51.0 Å². The first kappa shape index (κ1) is 18.0. The van der Waals surface area contributed by atoms with Crippen molar-refractivity contribution in [3.8, 4) is 0 Å². The topological polar surface area (TPSA) is 103 Å². The molecule has 1 aromatic heterocycles. The summed E-state index contributed by atoms with van der Waals surface area (Å²) in [5, 5.41) is 14.3. The summed E-state index contributed by atoms with van der Waals surface area (Å²) in [4.78, 5) is 8.66. The Balaban J connectivity index is 1.79. The maximum absolute atomic E-state index is 10.2. The molecule has 2 heterocycles. The Kier molecular flexibility index (Phi) is 5.13. The van der Waals surface area contributed by atoms with Gasteiger partial charge in [0.05, 0.1) is 12.1 Å². The Morgan fingerprint density at radius 1 is 1.38 bits per heavy atom. The maximum Gasteiger partial charge on any atom is 0.191 e. The van der Waals surface area contributed by atoms with Gasteiger partial charge in [0.25, 0.3) is 0 Å². The zero-order valence-corrected chi connectivity index (χ0v) is 15.5. The lowest BCUT2D eigenvalue weighted by atomic mass is 10.2. The van der Waals surface area contributed by atoms with Crippen molar-refractivity contribution < 1.29 is 14.6 Å². The van der Waals surface area contributed by atoms with Gasteiger partial charge < -0.3 is 25.6 Å². The number of hydrogen-bond donors (Lipinski definition) is 3. The van der Waals surface area contributed by atoms with E-state index in [0.29, 0.717) is 23.1 Å². The van der Waals surface area contributed by atoms with Crippen LogP contribution in [0.3, 0.4) is 0 Å². The van der Waals surface area contributed by atoms with Crippen LogP contribution in [-0.2, 0) is 9.47 Å². The molecular formula is C15H23ClN4O3S. The van der Waals surface area contributed by atoms with Gasteiger partial charge in [0.2, 0.25) is 0 Å². The predicted octanol–water partition coefficient (Wildman–Crippen LogP) is 2.28. The monoisotopic (exact) mass is 374 g/mol. The van der Waals surface area contributed by atoms with E-state index in [1.54, 1.807) is 0 Å². The van der Waals surface area contributed by atoms with Gasteiger partial charge in [0, 0.05) is 5.75 Å². The second-order valence-corrected chi connectivity index (χ2v) is 7.95. The van der Waals surface area contributed by atoms with Gasteiger partial charge in [-0.1, -0.05) is 30.3 Å². The molecule has 24 heavy (non-hydrogen) atoms. The Hall–Kier alpha value is -0.800. The molecule has 0 aromatic carbocycles. The number of aliphatic hydroxyl groups is 1. The zero-order chi connectivity index (χ0) is 17.5. The van der Waals surface area contributed by atoms with E-state index in [4.69, 9.17) is 26.8 Å². The average molecular weight is 375 g/mol. The molecule has 1 aliphatic carbocycles. The van der Waals surface area contributed by atoms with Crippen LogP contribution in [0.25, 0.3) is 0 Å². The summed E-state index contributed by atoms with van der Waals surface area (Å²) >= 11 is 7.66. The summed E-state index contributed by atoms with van der Waals surface area (Å²) < 4.78 is 11.7. The number of aliphatic hydroxyl groups excluding tert-OH is 1. The number of halogens is 1. The molecule has 4 atom stereocenters. The van der Waals surface area contributed by atoms with Crippen molar-refractivity contribution in [3.05, 3.63) is 5.15 Å². The number of nitrogens with zero attached hydrogens (tertiary/aromatic N) is 2. The largest absolute Gasteiger partial charge is 0.393 e. The van der Waals surface area contributed by atoms with E-state index in [9.17, 15) is 5.11 Å². The Labute approximate surface area is 150 Å². The van der Waals surface area contributed by atoms with Gasteiger partial charge in [-0.2, -0.15) is 0 Å². The van der Waals surface area contributed by atoms with Crippen molar-refractivity contribution in [1.29, 1.82) is 0 Å². The molecule has 1 aliphatic heterocycles. The van der Waals surface area contributed by atoms with Gasteiger partial charge in [-0.15, -0.1) is 0 Å². The highest BCUT2D eigenvalue weighted by molar-refractivity contribution is 7.99. The number of hydrogen-bond acceptors (Lipinski definition) is 8. The SMILES string of the molecule is CCCSc1nc(Cl)c(N)c(N[C@@H]2CC(O)[C@H]3OC(C)(C)O[C@H]32)n1. The molecule has 0 bridgehead atoms. The van der Waals surface area contributed by atoms with E-state index in [1.165, 1.54) is 11.8 Å². The van der Waals surface area contributed by atoms with Crippen molar-refractivity contribution in [3.63, 3.8) is 0 Å². The standard InChI is InChI=1S/C15H23ClN4O3S/c1-4-5-24-14-19-12(16)9(17)13(20-14)18-7-6-8(21)11-10(7)22-15(2,3)23-11/h7-8,10-11,21H,4-6,17H2,1-3H3,(H,18,19,20)/t7-,8?,10+,11-/m1/s1. The fourth-order valence-electron chi connectivity index (χ4n) is 3.06. The van der Waals surface area contributed by atoms with Gasteiger partial charge in [-0.3, -0.25) is 0 Å². The molecule has 3 rings (SSSR count). The molecule has 1 saturated carbocycles. The number of fused-ring (bicyclic) bond motifs is 1. The second kappa shape index (κ2) is 6.84. The lowest BCUT2D eigenvalue weighted by Gasteiger charge is -2.24. The molecule has 7 nitrogen and oxygen atoms in total. The number of aromatic nitrogens is 2. The first-order valence-electron chi connectivity index (χ1n) is 8.07. The normalized spacial score (nSPS) is 31.2. The summed E-state index contributed by atoms with van der Waals surface area (Å²) in [7, 11) is 0. The highest BCUT2D eigenvalue weighted by Crippen LogP contribution is 2.40. The minimum absolute atomic E-state index is 0.163. The summed E-state index contributed by atoms with van der Waals surface area (Å²) in [6, 6.07) is -0.163. The fourth-order valence-corrected chi connectivity index (χ4v) is 3.98. The van der Waals surface area contributed by atoms with Crippen molar-refractivity contribution in [2.45, 2.75) is 68.9 Å². The predicted molar refractivity (Wildman–Crippen MR) is 94.3 cm³/mol. The number of rotatable bonds is 5. The van der Waals surface area contributed by atoms with E-state index < -0.39 is 11.9 Å². The Morgan fingerprint density at radius 3 is 2.79 bits per heavy atom. The van der Waals surface area contributed by atoms with Crippen LogP contribution in [0.15, 0.2) is 5.16 Å². The number of nitrogens with two attached hydrogens (primary N) is 1. The summed E-state index contributed by atoms with van der Waals surface area (Å²) in [5.41, 5.74) is 6.32. The van der Waals surface area contributed by atoms with Crippen LogP contribution in [0.2, 0.25) is 5.15 Å². The molecule has 1 saturated heterocycles. The lowest BCUT2D eigenvalue weighted by molar-refractivity contribution is -0.162. The van der Waals surface area contributed by atoms with Crippen LogP contribution in [0.4, 0.5) is 11.5 Å². The van der Waals surface area contributed by atoms with Gasteiger partial charge in [0.15, 0.2) is 21.9 Å². The molecule has 2 fully saturated rings. The van der Waals surface area contributed by atoms with Crippen molar-refractivity contribution >= 4 is 34.9 Å². The molecule has 2 aliphatic rings. The highest BCUT2D eigenvalue weighted by atomic mass is 35.5. The molecule has 1 aromatic rings. The van der Waals surface area contributed by atoms with E-state index in [1.807, 2.05) is 13.8 Å². The molecular weight excluding hydrogens is 352 g/mol.